The number of carboxylic acids is 1. The van der Waals surface area contributed by atoms with E-state index < -0.39 is 11.4 Å². The highest BCUT2D eigenvalue weighted by Gasteiger charge is 2.44. The lowest BCUT2D eigenvalue weighted by Gasteiger charge is -2.23. The van der Waals surface area contributed by atoms with Gasteiger partial charge in [-0.1, -0.05) is 24.6 Å². The molecule has 1 unspecified atom stereocenters. The molecular formula is C15H19ClN2O3. The van der Waals surface area contributed by atoms with Crippen LogP contribution in [-0.2, 0) is 4.79 Å². The number of rotatable bonds is 3. The van der Waals surface area contributed by atoms with Crippen molar-refractivity contribution in [2.75, 3.05) is 18.4 Å². The van der Waals surface area contributed by atoms with Gasteiger partial charge in [0.2, 0.25) is 0 Å². The molecule has 1 aromatic rings. The van der Waals surface area contributed by atoms with Gasteiger partial charge in [-0.2, -0.15) is 0 Å². The van der Waals surface area contributed by atoms with Crippen LogP contribution >= 0.6 is 11.6 Å². The highest BCUT2D eigenvalue weighted by molar-refractivity contribution is 6.33. The van der Waals surface area contributed by atoms with Crippen LogP contribution in [0.2, 0.25) is 5.02 Å². The van der Waals surface area contributed by atoms with Gasteiger partial charge in [0.1, 0.15) is 0 Å². The standard InChI is InChI=1S/C15H19ClN2O3/c1-3-15(13(19)20)6-7-18(9-15)14(21)17-12-5-4-10(2)8-11(12)16/h4-5,8H,3,6-7,9H2,1-2H3,(H,17,21)(H,19,20). The van der Waals surface area contributed by atoms with Crippen LogP contribution in [-0.4, -0.2) is 35.1 Å². The predicted molar refractivity (Wildman–Crippen MR) is 81.8 cm³/mol. The predicted octanol–water partition coefficient (Wildman–Crippen LogP) is 3.37. The Morgan fingerprint density at radius 2 is 2.19 bits per heavy atom. The molecule has 0 spiro atoms. The highest BCUT2D eigenvalue weighted by Crippen LogP contribution is 2.34. The fraction of sp³-hybridized carbons (Fsp3) is 0.467. The third-order valence-electron chi connectivity index (χ3n) is 4.14. The van der Waals surface area contributed by atoms with E-state index in [2.05, 4.69) is 5.32 Å². The van der Waals surface area contributed by atoms with Crippen LogP contribution in [0.4, 0.5) is 10.5 Å². The van der Waals surface area contributed by atoms with Crippen LogP contribution in [0.15, 0.2) is 18.2 Å². The fourth-order valence-corrected chi connectivity index (χ4v) is 2.86. The van der Waals surface area contributed by atoms with Gasteiger partial charge in [-0.05, 0) is 37.5 Å². The maximum absolute atomic E-state index is 12.2. The summed E-state index contributed by atoms with van der Waals surface area (Å²) in [5.41, 5.74) is 0.723. The fourth-order valence-electron chi connectivity index (χ4n) is 2.58. The van der Waals surface area contributed by atoms with Gasteiger partial charge in [-0.15, -0.1) is 0 Å². The molecule has 1 aliphatic heterocycles. The third-order valence-corrected chi connectivity index (χ3v) is 4.45. The third kappa shape index (κ3) is 3.13. The number of carbonyl (C=O) groups excluding carboxylic acids is 1. The first-order valence-electron chi connectivity index (χ1n) is 6.93. The largest absolute Gasteiger partial charge is 0.481 e. The first kappa shape index (κ1) is 15.6. The minimum atomic E-state index is -0.839. The molecule has 6 heteroatoms. The van der Waals surface area contributed by atoms with Crippen LogP contribution in [0.1, 0.15) is 25.3 Å². The molecule has 1 aromatic carbocycles. The zero-order valence-electron chi connectivity index (χ0n) is 12.1. The molecule has 0 aromatic heterocycles. The second-order valence-corrected chi connectivity index (χ2v) is 5.93. The molecule has 1 aliphatic rings. The highest BCUT2D eigenvalue weighted by atomic mass is 35.5. The van der Waals surface area contributed by atoms with Crippen molar-refractivity contribution in [3.05, 3.63) is 28.8 Å². The number of benzene rings is 1. The summed E-state index contributed by atoms with van der Waals surface area (Å²) in [5.74, 6) is -0.839. The van der Waals surface area contributed by atoms with Gasteiger partial charge in [-0.3, -0.25) is 4.79 Å². The van der Waals surface area contributed by atoms with E-state index in [1.54, 1.807) is 12.1 Å². The number of aliphatic carboxylic acids is 1. The lowest BCUT2D eigenvalue weighted by Crippen LogP contribution is -2.38. The van der Waals surface area contributed by atoms with E-state index in [0.29, 0.717) is 30.1 Å². The molecule has 2 rings (SSSR count). The van der Waals surface area contributed by atoms with Crippen LogP contribution in [0.3, 0.4) is 0 Å². The molecule has 21 heavy (non-hydrogen) atoms. The number of carbonyl (C=O) groups is 2. The Bertz CT molecular complexity index is 576. The summed E-state index contributed by atoms with van der Waals surface area (Å²) in [4.78, 5) is 25.2. The zero-order chi connectivity index (χ0) is 15.6. The van der Waals surface area contributed by atoms with Gasteiger partial charge in [-0.25, -0.2) is 4.79 Å². The minimum absolute atomic E-state index is 0.230. The van der Waals surface area contributed by atoms with Gasteiger partial charge >= 0.3 is 12.0 Å². The number of nitrogens with one attached hydrogen (secondary N) is 1. The van der Waals surface area contributed by atoms with E-state index in [1.807, 2.05) is 19.9 Å². The van der Waals surface area contributed by atoms with E-state index in [4.69, 9.17) is 11.6 Å². The van der Waals surface area contributed by atoms with Crippen LogP contribution in [0.5, 0.6) is 0 Å². The normalized spacial score (nSPS) is 21.4. The number of aryl methyl sites for hydroxylation is 1. The van der Waals surface area contributed by atoms with Crippen LogP contribution in [0.25, 0.3) is 0 Å². The molecule has 114 valence electrons. The Hall–Kier alpha value is -1.75. The van der Waals surface area contributed by atoms with Crippen molar-refractivity contribution in [3.8, 4) is 0 Å². The van der Waals surface area contributed by atoms with Crippen molar-refractivity contribution in [2.45, 2.75) is 26.7 Å². The molecule has 2 amide bonds. The summed E-state index contributed by atoms with van der Waals surface area (Å²) in [5, 5.41) is 12.6. The molecule has 2 N–H and O–H groups in total. The number of amides is 2. The molecule has 0 saturated carbocycles. The second-order valence-electron chi connectivity index (χ2n) is 5.52. The molecule has 0 radical (unpaired) electrons. The number of hydrogen-bond acceptors (Lipinski definition) is 2. The molecule has 0 bridgehead atoms. The molecule has 5 nitrogen and oxygen atoms in total. The molecule has 1 heterocycles. The van der Waals surface area contributed by atoms with Crippen molar-refractivity contribution < 1.29 is 14.7 Å². The van der Waals surface area contributed by atoms with E-state index in [-0.39, 0.29) is 12.6 Å². The summed E-state index contributed by atoms with van der Waals surface area (Å²) in [6.07, 6.45) is 0.991. The van der Waals surface area contributed by atoms with E-state index >= 15 is 0 Å². The lowest BCUT2D eigenvalue weighted by molar-refractivity contribution is -0.148. The number of halogens is 1. The Morgan fingerprint density at radius 1 is 1.48 bits per heavy atom. The SMILES string of the molecule is CCC1(C(=O)O)CCN(C(=O)Nc2ccc(C)cc2Cl)C1. The molecule has 0 aliphatic carbocycles. The maximum Gasteiger partial charge on any atom is 0.321 e. The van der Waals surface area contributed by atoms with E-state index in [0.717, 1.165) is 5.56 Å². The minimum Gasteiger partial charge on any atom is -0.481 e. The Balaban J connectivity index is 2.07. The van der Waals surface area contributed by atoms with Crippen molar-refractivity contribution >= 4 is 29.3 Å². The quantitative estimate of drug-likeness (QED) is 0.899. The van der Waals surface area contributed by atoms with Crippen molar-refractivity contribution in [1.82, 2.24) is 4.90 Å². The summed E-state index contributed by atoms with van der Waals surface area (Å²) in [7, 11) is 0. The molecular weight excluding hydrogens is 292 g/mol. The van der Waals surface area contributed by atoms with Crippen LogP contribution < -0.4 is 5.32 Å². The summed E-state index contributed by atoms with van der Waals surface area (Å²) < 4.78 is 0. The average molecular weight is 311 g/mol. The van der Waals surface area contributed by atoms with E-state index in [9.17, 15) is 14.7 Å². The Morgan fingerprint density at radius 3 is 2.71 bits per heavy atom. The summed E-state index contributed by atoms with van der Waals surface area (Å²) in [6.45, 7) is 4.43. The number of urea groups is 1. The zero-order valence-corrected chi connectivity index (χ0v) is 12.9. The topological polar surface area (TPSA) is 69.6 Å². The van der Waals surface area contributed by atoms with Crippen molar-refractivity contribution in [3.63, 3.8) is 0 Å². The van der Waals surface area contributed by atoms with Crippen molar-refractivity contribution in [1.29, 1.82) is 0 Å². The summed E-state index contributed by atoms with van der Waals surface area (Å²) in [6, 6.07) is 5.07. The molecule has 1 fully saturated rings. The molecule has 1 atom stereocenters. The number of anilines is 1. The van der Waals surface area contributed by atoms with Crippen molar-refractivity contribution in [2.24, 2.45) is 5.41 Å². The van der Waals surface area contributed by atoms with Gasteiger partial charge in [0, 0.05) is 13.1 Å². The Kier molecular flexibility index (Phi) is 4.42. The molecule has 1 saturated heterocycles. The number of likely N-dealkylation sites (tertiary alicyclic amines) is 1. The van der Waals surface area contributed by atoms with Gasteiger partial charge in [0.15, 0.2) is 0 Å². The Labute approximate surface area is 128 Å². The van der Waals surface area contributed by atoms with Gasteiger partial charge < -0.3 is 15.3 Å². The number of carboxylic acid groups (broad SMARTS) is 1. The number of nitrogens with zero attached hydrogens (tertiary/aromatic N) is 1. The number of hydrogen-bond donors (Lipinski definition) is 2. The second kappa shape index (κ2) is 5.93. The summed E-state index contributed by atoms with van der Waals surface area (Å²) >= 11 is 6.09. The monoisotopic (exact) mass is 310 g/mol. The average Bonchev–Trinajstić information content (AvgIpc) is 2.88. The van der Waals surface area contributed by atoms with Crippen LogP contribution in [0, 0.1) is 12.3 Å². The first-order valence-corrected chi connectivity index (χ1v) is 7.31. The van der Waals surface area contributed by atoms with Gasteiger partial charge in [0.25, 0.3) is 0 Å². The van der Waals surface area contributed by atoms with E-state index in [1.165, 1.54) is 4.90 Å². The smallest absolute Gasteiger partial charge is 0.321 e. The lowest BCUT2D eigenvalue weighted by atomic mass is 9.84. The van der Waals surface area contributed by atoms with Gasteiger partial charge in [0.05, 0.1) is 16.1 Å². The maximum atomic E-state index is 12.2. The first-order chi connectivity index (χ1) is 9.88.